The van der Waals surface area contributed by atoms with E-state index in [1.807, 2.05) is 42.5 Å². The zero-order valence-electron chi connectivity index (χ0n) is 16.8. The molecule has 0 aliphatic rings. The summed E-state index contributed by atoms with van der Waals surface area (Å²) in [6.07, 6.45) is 0.921. The number of carbonyl (C=O) groups excluding carboxylic acids is 1. The third-order valence-electron chi connectivity index (χ3n) is 4.79. The summed E-state index contributed by atoms with van der Waals surface area (Å²) in [5, 5.41) is 3.13. The highest BCUT2D eigenvalue weighted by atomic mass is 16.5. The Morgan fingerprint density at radius 2 is 1.93 bits per heavy atom. The molecule has 6 nitrogen and oxygen atoms in total. The molecule has 0 fully saturated rings. The number of aromatic nitrogens is 2. The van der Waals surface area contributed by atoms with Crippen molar-refractivity contribution in [3.63, 3.8) is 0 Å². The van der Waals surface area contributed by atoms with Crippen LogP contribution in [0.25, 0.3) is 11.0 Å². The van der Waals surface area contributed by atoms with Crippen LogP contribution >= 0.6 is 0 Å². The molecule has 3 aromatic rings. The number of hydrogen-bond donors (Lipinski definition) is 2. The molecule has 28 heavy (non-hydrogen) atoms. The Kier molecular flexibility index (Phi) is 6.19. The fraction of sp³-hybridized carbons (Fsp3) is 0.364. The molecule has 0 aliphatic carbocycles. The van der Waals surface area contributed by atoms with E-state index in [9.17, 15) is 4.79 Å². The van der Waals surface area contributed by atoms with Crippen molar-refractivity contribution in [3.05, 3.63) is 53.9 Å². The van der Waals surface area contributed by atoms with Gasteiger partial charge in [0.05, 0.1) is 31.3 Å². The van der Waals surface area contributed by atoms with E-state index in [0.29, 0.717) is 12.8 Å². The van der Waals surface area contributed by atoms with Gasteiger partial charge in [-0.3, -0.25) is 4.79 Å². The lowest BCUT2D eigenvalue weighted by atomic mass is 10.0. The molecule has 0 aliphatic heterocycles. The van der Waals surface area contributed by atoms with Crippen LogP contribution in [-0.2, 0) is 11.2 Å². The number of aryl methyl sites for hydroxylation is 1. The van der Waals surface area contributed by atoms with Crippen molar-refractivity contribution in [1.29, 1.82) is 0 Å². The Morgan fingerprint density at radius 1 is 1.14 bits per heavy atom. The van der Waals surface area contributed by atoms with Gasteiger partial charge in [-0.05, 0) is 48.2 Å². The smallest absolute Gasteiger partial charge is 0.220 e. The molecule has 148 valence electrons. The molecule has 1 heterocycles. The third-order valence-corrected chi connectivity index (χ3v) is 4.79. The second-order valence-electron chi connectivity index (χ2n) is 7.11. The van der Waals surface area contributed by atoms with Crippen molar-refractivity contribution >= 4 is 16.9 Å². The number of carbonyl (C=O) groups is 1. The van der Waals surface area contributed by atoms with E-state index in [-0.39, 0.29) is 17.9 Å². The minimum absolute atomic E-state index is 0.0240. The molecule has 0 bridgehead atoms. The molecular weight excluding hydrogens is 354 g/mol. The van der Waals surface area contributed by atoms with E-state index in [0.717, 1.165) is 33.9 Å². The van der Waals surface area contributed by atoms with Gasteiger partial charge < -0.3 is 19.8 Å². The normalized spacial score (nSPS) is 12.2. The number of fused-ring (bicyclic) bond motifs is 1. The summed E-state index contributed by atoms with van der Waals surface area (Å²) in [4.78, 5) is 20.6. The van der Waals surface area contributed by atoms with Gasteiger partial charge in [0.2, 0.25) is 5.91 Å². The third kappa shape index (κ3) is 4.44. The summed E-state index contributed by atoms with van der Waals surface area (Å²) in [6.45, 7) is 4.15. The molecule has 1 aromatic heterocycles. The molecule has 0 saturated heterocycles. The maximum absolute atomic E-state index is 12.6. The molecule has 0 spiro atoms. The van der Waals surface area contributed by atoms with Crippen molar-refractivity contribution < 1.29 is 14.3 Å². The summed E-state index contributed by atoms with van der Waals surface area (Å²) < 4.78 is 10.7. The van der Waals surface area contributed by atoms with E-state index in [4.69, 9.17) is 9.47 Å². The average Bonchev–Trinajstić information content (AvgIpc) is 3.13. The number of H-pyrrole nitrogens is 1. The maximum atomic E-state index is 12.6. The Bertz CT molecular complexity index is 916. The molecule has 6 heteroatoms. The van der Waals surface area contributed by atoms with Gasteiger partial charge in [-0.25, -0.2) is 4.98 Å². The molecule has 2 N–H and O–H groups in total. The Balaban J connectivity index is 1.70. The van der Waals surface area contributed by atoms with Crippen LogP contribution in [0.4, 0.5) is 0 Å². The molecule has 1 amide bonds. The Labute approximate surface area is 165 Å². The number of hydrogen-bond acceptors (Lipinski definition) is 4. The van der Waals surface area contributed by atoms with E-state index >= 15 is 0 Å². The zero-order valence-corrected chi connectivity index (χ0v) is 16.8. The van der Waals surface area contributed by atoms with Crippen LogP contribution in [0, 0.1) is 5.92 Å². The van der Waals surface area contributed by atoms with Gasteiger partial charge in [0.15, 0.2) is 0 Å². The van der Waals surface area contributed by atoms with Crippen LogP contribution in [0.1, 0.15) is 37.7 Å². The minimum atomic E-state index is -0.174. The predicted molar refractivity (Wildman–Crippen MR) is 110 cm³/mol. The summed E-state index contributed by atoms with van der Waals surface area (Å²) >= 11 is 0. The van der Waals surface area contributed by atoms with E-state index in [1.165, 1.54) is 0 Å². The number of ether oxygens (including phenoxy) is 2. The Hall–Kier alpha value is -3.02. The van der Waals surface area contributed by atoms with Crippen LogP contribution < -0.4 is 14.8 Å². The van der Waals surface area contributed by atoms with Gasteiger partial charge in [-0.2, -0.15) is 0 Å². The molecule has 1 unspecified atom stereocenters. The monoisotopic (exact) mass is 381 g/mol. The van der Waals surface area contributed by atoms with E-state index in [2.05, 4.69) is 29.1 Å². The van der Waals surface area contributed by atoms with Crippen LogP contribution in [0.3, 0.4) is 0 Å². The van der Waals surface area contributed by atoms with Crippen LogP contribution in [0.5, 0.6) is 11.5 Å². The highest BCUT2D eigenvalue weighted by Gasteiger charge is 2.22. The average molecular weight is 381 g/mol. The summed E-state index contributed by atoms with van der Waals surface area (Å²) in [5.41, 5.74) is 2.82. The minimum Gasteiger partial charge on any atom is -0.497 e. The van der Waals surface area contributed by atoms with Crippen LogP contribution in [0.2, 0.25) is 0 Å². The predicted octanol–water partition coefficient (Wildman–Crippen LogP) is 4.03. The lowest BCUT2D eigenvalue weighted by Crippen LogP contribution is -2.32. The molecular formula is C22H27N3O3. The van der Waals surface area contributed by atoms with Gasteiger partial charge in [0.25, 0.3) is 0 Å². The second kappa shape index (κ2) is 8.78. The fourth-order valence-electron chi connectivity index (χ4n) is 3.24. The first kappa shape index (κ1) is 19.7. The van der Waals surface area contributed by atoms with Gasteiger partial charge >= 0.3 is 0 Å². The number of nitrogens with one attached hydrogen (secondary N) is 2. The van der Waals surface area contributed by atoms with Crippen LogP contribution in [0.15, 0.2) is 42.5 Å². The number of rotatable bonds is 8. The van der Waals surface area contributed by atoms with Crippen molar-refractivity contribution in [2.45, 2.75) is 32.7 Å². The van der Waals surface area contributed by atoms with E-state index < -0.39 is 0 Å². The summed E-state index contributed by atoms with van der Waals surface area (Å²) in [7, 11) is 3.25. The highest BCUT2D eigenvalue weighted by Crippen LogP contribution is 2.26. The number of amides is 1. The molecule has 3 rings (SSSR count). The standard InChI is InChI=1S/C22H27N3O3/c1-14(2)21(22-23-17-7-5-6-8-18(17)24-22)25-20(26)12-9-15-13-16(27-3)10-11-19(15)28-4/h5-8,10-11,13-14,21H,9,12H2,1-4H3,(H,23,24)(H,25,26). The summed E-state index contributed by atoms with van der Waals surface area (Å²) in [5.74, 6) is 2.47. The lowest BCUT2D eigenvalue weighted by molar-refractivity contribution is -0.122. The number of benzene rings is 2. The first-order valence-corrected chi connectivity index (χ1v) is 9.46. The Morgan fingerprint density at radius 3 is 2.61 bits per heavy atom. The van der Waals surface area contributed by atoms with Gasteiger partial charge in [-0.15, -0.1) is 0 Å². The second-order valence-corrected chi connectivity index (χ2v) is 7.11. The zero-order chi connectivity index (χ0) is 20.1. The highest BCUT2D eigenvalue weighted by molar-refractivity contribution is 5.78. The number of aromatic amines is 1. The number of methoxy groups -OCH3 is 2. The quantitative estimate of drug-likeness (QED) is 0.618. The van der Waals surface area contributed by atoms with Gasteiger partial charge in [-0.1, -0.05) is 26.0 Å². The molecule has 2 aromatic carbocycles. The molecule has 1 atom stereocenters. The van der Waals surface area contributed by atoms with E-state index in [1.54, 1.807) is 14.2 Å². The van der Waals surface area contributed by atoms with Crippen molar-refractivity contribution in [1.82, 2.24) is 15.3 Å². The number of nitrogens with zero attached hydrogens (tertiary/aromatic N) is 1. The van der Waals surface area contributed by atoms with Gasteiger partial charge in [0.1, 0.15) is 17.3 Å². The van der Waals surface area contributed by atoms with Gasteiger partial charge in [0, 0.05) is 6.42 Å². The topological polar surface area (TPSA) is 76.2 Å². The first-order valence-electron chi connectivity index (χ1n) is 9.46. The first-order chi connectivity index (χ1) is 13.5. The number of para-hydroxylation sites is 2. The van der Waals surface area contributed by atoms with Crippen molar-refractivity contribution in [3.8, 4) is 11.5 Å². The lowest BCUT2D eigenvalue weighted by Gasteiger charge is -2.20. The maximum Gasteiger partial charge on any atom is 0.220 e. The molecule has 0 saturated carbocycles. The van der Waals surface area contributed by atoms with Crippen molar-refractivity contribution in [2.75, 3.05) is 14.2 Å². The SMILES string of the molecule is COc1ccc(OC)c(CCC(=O)NC(c2nc3ccccc3[nH]2)C(C)C)c1. The molecule has 0 radical (unpaired) electrons. The summed E-state index contributed by atoms with van der Waals surface area (Å²) in [6, 6.07) is 13.3. The number of imidazole rings is 1. The largest absolute Gasteiger partial charge is 0.497 e. The van der Waals surface area contributed by atoms with Crippen LogP contribution in [-0.4, -0.2) is 30.1 Å². The van der Waals surface area contributed by atoms with Crippen molar-refractivity contribution in [2.24, 2.45) is 5.92 Å². The fourth-order valence-corrected chi connectivity index (χ4v) is 3.24.